The minimum atomic E-state index is -0.705. The molecule has 0 aliphatic carbocycles. The maximum atomic E-state index is 13.1. The summed E-state index contributed by atoms with van der Waals surface area (Å²) < 4.78 is 0. The first-order valence-corrected chi connectivity index (χ1v) is 12.6. The summed E-state index contributed by atoms with van der Waals surface area (Å²) in [6, 6.07) is 14.0. The second kappa shape index (κ2) is 13.4. The second-order valence-electron chi connectivity index (χ2n) is 9.10. The molecule has 0 fully saturated rings. The van der Waals surface area contributed by atoms with Crippen molar-refractivity contribution >= 4 is 40.0 Å². The first-order valence-electron chi connectivity index (χ1n) is 12.6. The minimum absolute atomic E-state index is 0.0881. The van der Waals surface area contributed by atoms with Crippen LogP contribution < -0.4 is 10.6 Å². The Bertz CT molecular complexity index is 1210. The number of para-hydroxylation sites is 1. The predicted molar refractivity (Wildman–Crippen MR) is 142 cm³/mol. The highest BCUT2D eigenvalue weighted by Gasteiger charge is 2.21. The highest BCUT2D eigenvalue weighted by atomic mass is 16.2. The summed E-state index contributed by atoms with van der Waals surface area (Å²) in [6.07, 6.45) is 6.58. The molecular formula is C29H35N3O4. The number of aryl methyl sites for hydroxylation is 1. The van der Waals surface area contributed by atoms with Gasteiger partial charge in [-0.05, 0) is 49.9 Å². The third-order valence-electron chi connectivity index (χ3n) is 6.33. The van der Waals surface area contributed by atoms with Crippen molar-refractivity contribution in [3.05, 3.63) is 65.9 Å². The summed E-state index contributed by atoms with van der Waals surface area (Å²) in [6.45, 7) is 3.33. The van der Waals surface area contributed by atoms with Crippen LogP contribution in [0.3, 0.4) is 0 Å². The third kappa shape index (κ3) is 7.90. The number of hydrogen-bond acceptors (Lipinski definition) is 4. The molecule has 3 aromatic rings. The number of hydrogen-bond donors (Lipinski definition) is 3. The Morgan fingerprint density at radius 2 is 1.75 bits per heavy atom. The lowest BCUT2D eigenvalue weighted by Crippen LogP contribution is -2.43. The van der Waals surface area contributed by atoms with E-state index in [2.05, 4.69) is 15.6 Å². The van der Waals surface area contributed by atoms with Crippen molar-refractivity contribution in [2.75, 3.05) is 5.32 Å². The van der Waals surface area contributed by atoms with E-state index in [1.54, 1.807) is 24.3 Å². The summed E-state index contributed by atoms with van der Waals surface area (Å²) in [5.41, 5.74) is 3.11. The van der Waals surface area contributed by atoms with Crippen LogP contribution in [0.5, 0.6) is 0 Å². The number of benzene rings is 2. The maximum Gasteiger partial charge on any atom is 0.246 e. The number of carbonyl (C=O) groups excluding carboxylic acids is 4. The zero-order valence-electron chi connectivity index (χ0n) is 21.1. The number of ketones is 2. The van der Waals surface area contributed by atoms with Crippen LogP contribution in [-0.2, 0) is 20.8 Å². The highest BCUT2D eigenvalue weighted by Crippen LogP contribution is 2.19. The van der Waals surface area contributed by atoms with Crippen molar-refractivity contribution in [3.8, 4) is 0 Å². The van der Waals surface area contributed by atoms with Gasteiger partial charge >= 0.3 is 0 Å². The van der Waals surface area contributed by atoms with Crippen molar-refractivity contribution in [2.45, 2.75) is 71.3 Å². The molecule has 190 valence electrons. The molecule has 36 heavy (non-hydrogen) atoms. The highest BCUT2D eigenvalue weighted by molar-refractivity contribution is 5.99. The molecule has 1 unspecified atom stereocenters. The molecule has 0 saturated carbocycles. The number of aromatic amines is 1. The fourth-order valence-electron chi connectivity index (χ4n) is 4.19. The average molecular weight is 490 g/mol. The Kier molecular flexibility index (Phi) is 9.98. The SMILES string of the molecule is CCC(=O)CCCCCC(NC(=O)CCc1c[nH]c2ccccc12)C(=O)Nc1cccc(C(C)=O)c1. The van der Waals surface area contributed by atoms with Crippen LogP contribution in [-0.4, -0.2) is 34.4 Å². The largest absolute Gasteiger partial charge is 0.361 e. The zero-order chi connectivity index (χ0) is 25.9. The molecule has 0 aliphatic heterocycles. The maximum absolute atomic E-state index is 13.1. The van der Waals surface area contributed by atoms with E-state index in [0.29, 0.717) is 43.4 Å². The van der Waals surface area contributed by atoms with E-state index in [4.69, 9.17) is 0 Å². The Morgan fingerprint density at radius 1 is 0.944 bits per heavy atom. The molecular weight excluding hydrogens is 454 g/mol. The van der Waals surface area contributed by atoms with Gasteiger partial charge in [0.1, 0.15) is 11.8 Å². The van der Waals surface area contributed by atoms with Crippen LogP contribution in [0.2, 0.25) is 0 Å². The molecule has 0 radical (unpaired) electrons. The van der Waals surface area contributed by atoms with Gasteiger partial charge in [0.25, 0.3) is 0 Å². The van der Waals surface area contributed by atoms with E-state index >= 15 is 0 Å². The van der Waals surface area contributed by atoms with Gasteiger partial charge in [0.15, 0.2) is 5.78 Å². The van der Waals surface area contributed by atoms with Crippen molar-refractivity contribution in [1.82, 2.24) is 10.3 Å². The molecule has 0 aliphatic rings. The van der Waals surface area contributed by atoms with Crippen LogP contribution in [0.15, 0.2) is 54.7 Å². The lowest BCUT2D eigenvalue weighted by molar-refractivity contribution is -0.126. The van der Waals surface area contributed by atoms with E-state index < -0.39 is 6.04 Å². The van der Waals surface area contributed by atoms with Gasteiger partial charge in [-0.15, -0.1) is 0 Å². The van der Waals surface area contributed by atoms with E-state index in [9.17, 15) is 19.2 Å². The number of Topliss-reactive ketones (excluding diaryl/α,β-unsaturated/α-hetero) is 2. The Morgan fingerprint density at radius 3 is 2.53 bits per heavy atom. The Labute approximate surface area is 212 Å². The Hall–Kier alpha value is -3.74. The van der Waals surface area contributed by atoms with E-state index in [-0.39, 0.29) is 29.8 Å². The standard InChI is InChI=1S/C29H35N3O4/c1-3-24(34)12-5-4-6-15-27(29(36)31-23-11-9-10-21(18-23)20(2)33)32-28(35)17-16-22-19-30-26-14-8-7-13-25(22)26/h7-11,13-14,18-19,27,30H,3-6,12,15-17H2,1-2H3,(H,31,36)(H,32,35). The van der Waals surface area contributed by atoms with Gasteiger partial charge in [-0.1, -0.05) is 50.1 Å². The second-order valence-corrected chi connectivity index (χ2v) is 9.10. The first kappa shape index (κ1) is 26.9. The van der Waals surface area contributed by atoms with Crippen molar-refractivity contribution in [1.29, 1.82) is 0 Å². The molecule has 7 nitrogen and oxygen atoms in total. The predicted octanol–water partition coefficient (Wildman–Crippen LogP) is 5.36. The smallest absolute Gasteiger partial charge is 0.246 e. The summed E-state index contributed by atoms with van der Waals surface area (Å²) >= 11 is 0. The molecule has 1 atom stereocenters. The number of anilines is 1. The molecule has 7 heteroatoms. The van der Waals surface area contributed by atoms with Gasteiger partial charge in [-0.2, -0.15) is 0 Å². The normalized spacial score (nSPS) is 11.7. The molecule has 2 amide bonds. The lowest BCUT2D eigenvalue weighted by atomic mass is 10.0. The van der Waals surface area contributed by atoms with Crippen molar-refractivity contribution in [3.63, 3.8) is 0 Å². The Balaban J connectivity index is 1.60. The van der Waals surface area contributed by atoms with Gasteiger partial charge in [0, 0.05) is 47.6 Å². The fourth-order valence-corrected chi connectivity index (χ4v) is 4.19. The van der Waals surface area contributed by atoms with Crippen molar-refractivity contribution < 1.29 is 19.2 Å². The van der Waals surface area contributed by atoms with Gasteiger partial charge in [0.05, 0.1) is 0 Å². The van der Waals surface area contributed by atoms with Gasteiger partial charge in [0.2, 0.25) is 11.8 Å². The number of carbonyl (C=O) groups is 4. The molecule has 1 aromatic heterocycles. The molecule has 0 bridgehead atoms. The average Bonchev–Trinajstić information content (AvgIpc) is 3.29. The topological polar surface area (TPSA) is 108 Å². The number of unbranched alkanes of at least 4 members (excludes halogenated alkanes) is 2. The number of fused-ring (bicyclic) bond motifs is 1. The number of H-pyrrole nitrogens is 1. The summed E-state index contributed by atoms with van der Waals surface area (Å²) in [5.74, 6) is -0.366. The summed E-state index contributed by atoms with van der Waals surface area (Å²) in [4.78, 5) is 52.4. The summed E-state index contributed by atoms with van der Waals surface area (Å²) in [7, 11) is 0. The van der Waals surface area contributed by atoms with Gasteiger partial charge < -0.3 is 15.6 Å². The van der Waals surface area contributed by atoms with E-state index in [0.717, 1.165) is 29.3 Å². The summed E-state index contributed by atoms with van der Waals surface area (Å²) in [5, 5.41) is 6.83. The number of nitrogens with one attached hydrogen (secondary N) is 3. The molecule has 2 aromatic carbocycles. The monoisotopic (exact) mass is 489 g/mol. The molecule has 3 N–H and O–H groups in total. The number of rotatable bonds is 14. The zero-order valence-corrected chi connectivity index (χ0v) is 21.1. The van der Waals surface area contributed by atoms with Crippen LogP contribution >= 0.6 is 0 Å². The molecule has 0 spiro atoms. The van der Waals surface area contributed by atoms with Gasteiger partial charge in [-0.25, -0.2) is 0 Å². The van der Waals surface area contributed by atoms with E-state index in [1.807, 2.05) is 37.4 Å². The number of aromatic nitrogens is 1. The minimum Gasteiger partial charge on any atom is -0.361 e. The number of amides is 2. The van der Waals surface area contributed by atoms with Crippen LogP contribution in [0.25, 0.3) is 10.9 Å². The van der Waals surface area contributed by atoms with Crippen molar-refractivity contribution in [2.24, 2.45) is 0 Å². The van der Waals surface area contributed by atoms with Crippen LogP contribution in [0.4, 0.5) is 5.69 Å². The fraction of sp³-hybridized carbons (Fsp3) is 0.379. The molecule has 1 heterocycles. The van der Waals surface area contributed by atoms with Crippen LogP contribution in [0, 0.1) is 0 Å². The molecule has 3 rings (SSSR count). The van der Waals surface area contributed by atoms with E-state index in [1.165, 1.54) is 6.92 Å². The third-order valence-corrected chi connectivity index (χ3v) is 6.33. The van der Waals surface area contributed by atoms with Crippen LogP contribution in [0.1, 0.15) is 74.7 Å². The first-order chi connectivity index (χ1) is 17.4. The quantitative estimate of drug-likeness (QED) is 0.209. The lowest BCUT2D eigenvalue weighted by Gasteiger charge is -2.19. The van der Waals surface area contributed by atoms with Gasteiger partial charge in [-0.3, -0.25) is 19.2 Å². The molecule has 0 saturated heterocycles.